The zero-order valence-electron chi connectivity index (χ0n) is 18.9. The standard InChI is InChI=1S/C24H32ClN3O4/c1-16-23(32-24(29)26-18-8-4-3-5-9-18)27-22(20-14-17(25)11-12-21(20)30-2)28(16)15-19-10-6-7-13-31-19/h11-12,14,18-19H,3-10,13,15H2,1-2H3,(H,26,29). The lowest BCUT2D eigenvalue weighted by molar-refractivity contribution is 0.00592. The molecule has 1 aromatic carbocycles. The van der Waals surface area contributed by atoms with Gasteiger partial charge in [-0.1, -0.05) is 30.9 Å². The maximum absolute atomic E-state index is 12.6. The number of halogens is 1. The molecule has 2 aliphatic rings. The molecule has 1 atom stereocenters. The SMILES string of the molecule is COc1ccc(Cl)cc1-c1nc(OC(=O)NC2CCCCC2)c(C)n1CC1CCCCO1. The number of nitrogens with zero attached hydrogens (tertiary/aromatic N) is 2. The van der Waals surface area contributed by atoms with Crippen LogP contribution in [0.4, 0.5) is 4.79 Å². The Kier molecular flexibility index (Phi) is 7.58. The second-order valence-corrected chi connectivity index (χ2v) is 9.07. The van der Waals surface area contributed by atoms with Crippen molar-refractivity contribution in [1.82, 2.24) is 14.9 Å². The minimum Gasteiger partial charge on any atom is -0.496 e. The van der Waals surface area contributed by atoms with Crippen LogP contribution in [0.3, 0.4) is 0 Å². The number of ether oxygens (including phenoxy) is 3. The van der Waals surface area contributed by atoms with Crippen molar-refractivity contribution < 1.29 is 19.0 Å². The van der Waals surface area contributed by atoms with Gasteiger partial charge in [0.05, 0.1) is 31.0 Å². The fraction of sp³-hybridized carbons (Fsp3) is 0.583. The smallest absolute Gasteiger partial charge is 0.414 e. The molecule has 0 bridgehead atoms. The first-order valence-corrected chi connectivity index (χ1v) is 11.9. The van der Waals surface area contributed by atoms with Crippen LogP contribution < -0.4 is 14.8 Å². The summed E-state index contributed by atoms with van der Waals surface area (Å²) in [4.78, 5) is 17.3. The number of benzene rings is 1. The summed E-state index contributed by atoms with van der Waals surface area (Å²) in [6.45, 7) is 3.30. The number of methoxy groups -OCH3 is 1. The number of imidazole rings is 1. The van der Waals surface area contributed by atoms with Crippen molar-refractivity contribution in [2.24, 2.45) is 0 Å². The number of hydrogen-bond acceptors (Lipinski definition) is 5. The number of hydrogen-bond donors (Lipinski definition) is 1. The Morgan fingerprint density at radius 1 is 1.22 bits per heavy atom. The molecule has 1 N–H and O–H groups in total. The Bertz CT molecular complexity index is 934. The number of carbonyl (C=O) groups is 1. The average molecular weight is 462 g/mol. The lowest BCUT2D eigenvalue weighted by Gasteiger charge is -2.24. The predicted molar refractivity (Wildman–Crippen MR) is 124 cm³/mol. The number of nitrogens with one attached hydrogen (secondary N) is 1. The minimum atomic E-state index is -0.455. The molecule has 1 unspecified atom stereocenters. The van der Waals surface area contributed by atoms with Crippen LogP contribution in [-0.4, -0.2) is 41.5 Å². The first-order chi connectivity index (χ1) is 15.5. The highest BCUT2D eigenvalue weighted by Gasteiger charge is 2.25. The van der Waals surface area contributed by atoms with Crippen LogP contribution in [0.1, 0.15) is 57.1 Å². The highest BCUT2D eigenvalue weighted by atomic mass is 35.5. The van der Waals surface area contributed by atoms with E-state index in [1.165, 1.54) is 6.42 Å². The van der Waals surface area contributed by atoms with Gasteiger partial charge < -0.3 is 24.1 Å². The van der Waals surface area contributed by atoms with Crippen molar-refractivity contribution in [1.29, 1.82) is 0 Å². The molecule has 2 fully saturated rings. The van der Waals surface area contributed by atoms with E-state index in [2.05, 4.69) is 5.32 Å². The summed E-state index contributed by atoms with van der Waals surface area (Å²) in [5, 5.41) is 3.58. The fourth-order valence-corrected chi connectivity index (χ4v) is 4.75. The van der Waals surface area contributed by atoms with E-state index < -0.39 is 6.09 Å². The number of rotatable bonds is 6. The molecule has 1 aliphatic heterocycles. The van der Waals surface area contributed by atoms with Crippen LogP contribution in [0.15, 0.2) is 18.2 Å². The van der Waals surface area contributed by atoms with Crippen LogP contribution >= 0.6 is 11.6 Å². The van der Waals surface area contributed by atoms with Gasteiger partial charge in [-0.2, -0.15) is 4.98 Å². The highest BCUT2D eigenvalue weighted by Crippen LogP contribution is 2.36. The van der Waals surface area contributed by atoms with E-state index in [4.69, 9.17) is 30.8 Å². The minimum absolute atomic E-state index is 0.0875. The van der Waals surface area contributed by atoms with Crippen molar-refractivity contribution in [3.63, 3.8) is 0 Å². The molecule has 174 valence electrons. The second-order valence-electron chi connectivity index (χ2n) is 8.64. The quantitative estimate of drug-likeness (QED) is 0.613. The third-order valence-electron chi connectivity index (χ3n) is 6.36. The molecule has 1 amide bonds. The average Bonchev–Trinajstić information content (AvgIpc) is 3.10. The molecule has 32 heavy (non-hydrogen) atoms. The molecular weight excluding hydrogens is 430 g/mol. The van der Waals surface area contributed by atoms with Crippen LogP contribution in [0, 0.1) is 6.92 Å². The molecule has 8 heteroatoms. The summed E-state index contributed by atoms with van der Waals surface area (Å²) >= 11 is 6.29. The van der Waals surface area contributed by atoms with Gasteiger partial charge in [-0.25, -0.2) is 4.79 Å². The molecular formula is C24H32ClN3O4. The van der Waals surface area contributed by atoms with E-state index in [1.54, 1.807) is 13.2 Å². The van der Waals surface area contributed by atoms with E-state index >= 15 is 0 Å². The number of carbonyl (C=O) groups excluding carboxylic acids is 1. The molecule has 0 spiro atoms. The van der Waals surface area contributed by atoms with Gasteiger partial charge in [0.1, 0.15) is 11.6 Å². The summed E-state index contributed by atoms with van der Waals surface area (Å²) in [7, 11) is 1.62. The Balaban J connectivity index is 1.63. The van der Waals surface area contributed by atoms with E-state index in [1.807, 2.05) is 23.6 Å². The van der Waals surface area contributed by atoms with E-state index in [0.29, 0.717) is 29.0 Å². The van der Waals surface area contributed by atoms with Crippen molar-refractivity contribution in [3.05, 3.63) is 28.9 Å². The Labute approximate surface area is 194 Å². The van der Waals surface area contributed by atoms with Gasteiger partial charge in [0.15, 0.2) is 0 Å². The van der Waals surface area contributed by atoms with E-state index in [0.717, 1.165) is 62.8 Å². The van der Waals surface area contributed by atoms with Crippen LogP contribution in [0.25, 0.3) is 11.4 Å². The van der Waals surface area contributed by atoms with Crippen LogP contribution in [0.5, 0.6) is 11.6 Å². The lowest BCUT2D eigenvalue weighted by atomic mass is 9.96. The predicted octanol–water partition coefficient (Wildman–Crippen LogP) is 5.51. The zero-order valence-corrected chi connectivity index (χ0v) is 19.6. The number of aromatic nitrogens is 2. The van der Waals surface area contributed by atoms with Gasteiger partial charge in [-0.15, -0.1) is 0 Å². The van der Waals surface area contributed by atoms with Crippen LogP contribution in [-0.2, 0) is 11.3 Å². The van der Waals surface area contributed by atoms with Crippen molar-refractivity contribution >= 4 is 17.7 Å². The van der Waals surface area contributed by atoms with Crippen LogP contribution in [0.2, 0.25) is 5.02 Å². The first-order valence-electron chi connectivity index (χ1n) is 11.6. The van der Waals surface area contributed by atoms with Gasteiger partial charge in [-0.05, 0) is 57.2 Å². The Hall–Kier alpha value is -2.25. The van der Waals surface area contributed by atoms with Crippen molar-refractivity contribution in [3.8, 4) is 23.0 Å². The molecule has 0 radical (unpaired) electrons. The summed E-state index contributed by atoms with van der Waals surface area (Å²) in [5.74, 6) is 1.60. The summed E-state index contributed by atoms with van der Waals surface area (Å²) in [6.07, 6.45) is 8.34. The zero-order chi connectivity index (χ0) is 22.5. The van der Waals surface area contributed by atoms with Gasteiger partial charge >= 0.3 is 6.09 Å². The van der Waals surface area contributed by atoms with Gasteiger partial charge in [0, 0.05) is 17.7 Å². The largest absolute Gasteiger partial charge is 0.496 e. The molecule has 1 aliphatic carbocycles. The first kappa shape index (κ1) is 22.9. The normalized spacial score (nSPS) is 19.5. The maximum Gasteiger partial charge on any atom is 0.414 e. The maximum atomic E-state index is 12.6. The van der Waals surface area contributed by atoms with Gasteiger partial charge in [0.25, 0.3) is 0 Å². The van der Waals surface area contributed by atoms with Gasteiger partial charge in [0.2, 0.25) is 5.88 Å². The summed E-state index contributed by atoms with van der Waals surface area (Å²) in [6, 6.07) is 5.59. The monoisotopic (exact) mass is 461 g/mol. The van der Waals surface area contributed by atoms with Gasteiger partial charge in [-0.3, -0.25) is 0 Å². The highest BCUT2D eigenvalue weighted by molar-refractivity contribution is 6.30. The Morgan fingerprint density at radius 2 is 2.00 bits per heavy atom. The molecule has 1 aromatic heterocycles. The molecule has 1 saturated heterocycles. The van der Waals surface area contributed by atoms with E-state index in [9.17, 15) is 4.79 Å². The van der Waals surface area contributed by atoms with Crippen molar-refractivity contribution in [2.75, 3.05) is 13.7 Å². The van der Waals surface area contributed by atoms with E-state index in [-0.39, 0.29) is 12.1 Å². The third-order valence-corrected chi connectivity index (χ3v) is 6.59. The molecule has 1 saturated carbocycles. The second kappa shape index (κ2) is 10.6. The molecule has 7 nitrogen and oxygen atoms in total. The molecule has 2 heterocycles. The lowest BCUT2D eigenvalue weighted by Crippen LogP contribution is -2.38. The Morgan fingerprint density at radius 3 is 2.72 bits per heavy atom. The number of amides is 1. The third kappa shape index (κ3) is 5.38. The topological polar surface area (TPSA) is 74.6 Å². The van der Waals surface area contributed by atoms with Crippen molar-refractivity contribution in [2.45, 2.75) is 77.0 Å². The fourth-order valence-electron chi connectivity index (χ4n) is 4.58. The summed E-state index contributed by atoms with van der Waals surface area (Å²) < 4.78 is 19.3. The summed E-state index contributed by atoms with van der Waals surface area (Å²) in [5.41, 5.74) is 1.52. The molecule has 2 aromatic rings. The molecule has 4 rings (SSSR count).